The van der Waals surface area contributed by atoms with Crippen LogP contribution in [0.1, 0.15) is 42.5 Å². The van der Waals surface area contributed by atoms with Gasteiger partial charge in [-0.15, -0.1) is 0 Å². The normalized spacial score (nSPS) is 18.1. The van der Waals surface area contributed by atoms with E-state index in [1.54, 1.807) is 18.2 Å². The molecule has 0 heterocycles. The zero-order valence-corrected chi connectivity index (χ0v) is 12.9. The van der Waals surface area contributed by atoms with Crippen LogP contribution in [-0.4, -0.2) is 23.2 Å². The zero-order valence-electron chi connectivity index (χ0n) is 10.6. The number of aliphatic hydroxyl groups is 1. The average Bonchev–Trinajstić information content (AvgIpc) is 2.42. The van der Waals surface area contributed by atoms with Gasteiger partial charge in [0.2, 0.25) is 0 Å². The summed E-state index contributed by atoms with van der Waals surface area (Å²) in [6.45, 7) is -0.0235. The third-order valence-electron chi connectivity index (χ3n) is 3.67. The molecule has 1 amide bonds. The van der Waals surface area contributed by atoms with Gasteiger partial charge in [0.15, 0.2) is 0 Å². The predicted molar refractivity (Wildman–Crippen MR) is 79.5 cm³/mol. The van der Waals surface area contributed by atoms with Gasteiger partial charge in [-0.2, -0.15) is 0 Å². The molecule has 0 radical (unpaired) electrons. The van der Waals surface area contributed by atoms with Crippen molar-refractivity contribution in [3.8, 4) is 0 Å². The molecule has 0 aliphatic heterocycles. The molecule has 1 aliphatic carbocycles. The Hall–Kier alpha value is -0.580. The van der Waals surface area contributed by atoms with Gasteiger partial charge in [-0.1, -0.05) is 46.8 Å². The van der Waals surface area contributed by atoms with E-state index in [0.29, 0.717) is 10.6 Å². The van der Waals surface area contributed by atoms with Crippen LogP contribution in [0.25, 0.3) is 0 Å². The fourth-order valence-corrected chi connectivity index (χ4v) is 3.10. The van der Waals surface area contributed by atoms with E-state index in [1.807, 2.05) is 0 Å². The lowest BCUT2D eigenvalue weighted by Gasteiger charge is -2.36. The Bertz CT molecular complexity index is 473. The second-order valence-corrected chi connectivity index (χ2v) is 6.40. The van der Waals surface area contributed by atoms with Crippen LogP contribution in [0.2, 0.25) is 5.02 Å². The molecule has 0 bridgehead atoms. The van der Waals surface area contributed by atoms with Crippen molar-refractivity contribution < 1.29 is 9.90 Å². The van der Waals surface area contributed by atoms with Gasteiger partial charge in [0.1, 0.15) is 0 Å². The molecule has 0 unspecified atom stereocenters. The maximum Gasteiger partial charge on any atom is 0.253 e. The Morgan fingerprint density at radius 1 is 1.37 bits per heavy atom. The summed E-state index contributed by atoms with van der Waals surface area (Å²) in [5.74, 6) is -0.220. The third kappa shape index (κ3) is 3.50. The predicted octanol–water partition coefficient (Wildman–Crippen LogP) is 3.53. The Balaban J connectivity index is 2.17. The van der Waals surface area contributed by atoms with Gasteiger partial charge in [-0.05, 0) is 31.0 Å². The highest BCUT2D eigenvalue weighted by Gasteiger charge is 2.33. The minimum atomic E-state index is -0.485. The van der Waals surface area contributed by atoms with Gasteiger partial charge in [0, 0.05) is 4.47 Å². The maximum atomic E-state index is 12.3. The summed E-state index contributed by atoms with van der Waals surface area (Å²) in [5, 5.41) is 13.0. The molecule has 5 heteroatoms. The molecule has 0 saturated heterocycles. The number of rotatable bonds is 3. The molecule has 3 nitrogen and oxygen atoms in total. The van der Waals surface area contributed by atoms with Crippen LogP contribution in [0, 0.1) is 0 Å². The minimum absolute atomic E-state index is 0.0235. The van der Waals surface area contributed by atoms with Crippen molar-refractivity contribution >= 4 is 33.4 Å². The average molecular weight is 347 g/mol. The van der Waals surface area contributed by atoms with E-state index in [4.69, 9.17) is 11.6 Å². The largest absolute Gasteiger partial charge is 0.394 e. The van der Waals surface area contributed by atoms with Crippen LogP contribution in [0.5, 0.6) is 0 Å². The number of amides is 1. The topological polar surface area (TPSA) is 49.3 Å². The molecule has 1 fully saturated rings. The molecule has 1 aliphatic rings. The van der Waals surface area contributed by atoms with Crippen LogP contribution in [-0.2, 0) is 0 Å². The summed E-state index contributed by atoms with van der Waals surface area (Å²) in [4.78, 5) is 12.3. The molecular weight excluding hydrogens is 330 g/mol. The third-order valence-corrected chi connectivity index (χ3v) is 4.49. The van der Waals surface area contributed by atoms with Crippen molar-refractivity contribution in [1.82, 2.24) is 5.32 Å². The highest BCUT2D eigenvalue weighted by Crippen LogP contribution is 2.29. The summed E-state index contributed by atoms with van der Waals surface area (Å²) in [7, 11) is 0. The Morgan fingerprint density at radius 2 is 2.05 bits per heavy atom. The summed E-state index contributed by atoms with van der Waals surface area (Å²) in [6, 6.07) is 5.18. The van der Waals surface area contributed by atoms with E-state index in [9.17, 15) is 9.90 Å². The lowest BCUT2D eigenvalue weighted by Crippen LogP contribution is -2.52. The second-order valence-electron chi connectivity index (χ2n) is 5.08. The van der Waals surface area contributed by atoms with Gasteiger partial charge in [0.05, 0.1) is 22.7 Å². The van der Waals surface area contributed by atoms with Gasteiger partial charge < -0.3 is 10.4 Å². The molecule has 19 heavy (non-hydrogen) atoms. The fraction of sp³-hybridized carbons (Fsp3) is 0.500. The second kappa shape index (κ2) is 6.25. The summed E-state index contributed by atoms with van der Waals surface area (Å²) >= 11 is 9.39. The van der Waals surface area contributed by atoms with E-state index >= 15 is 0 Å². The molecule has 0 aromatic heterocycles. The first kappa shape index (κ1) is 14.8. The Morgan fingerprint density at radius 3 is 2.68 bits per heavy atom. The first-order valence-corrected chi connectivity index (χ1v) is 7.62. The van der Waals surface area contributed by atoms with Crippen LogP contribution in [0.15, 0.2) is 22.7 Å². The molecule has 0 atom stereocenters. The molecule has 2 rings (SSSR count). The minimum Gasteiger partial charge on any atom is -0.394 e. The van der Waals surface area contributed by atoms with Crippen molar-refractivity contribution in [3.63, 3.8) is 0 Å². The van der Waals surface area contributed by atoms with Crippen molar-refractivity contribution in [2.24, 2.45) is 0 Å². The molecule has 1 saturated carbocycles. The van der Waals surface area contributed by atoms with Gasteiger partial charge in [-0.25, -0.2) is 0 Å². The first-order chi connectivity index (χ1) is 9.06. The SMILES string of the molecule is O=C(NC1(CO)CCCCC1)c1cc(Br)ccc1Cl. The van der Waals surface area contributed by atoms with E-state index in [1.165, 1.54) is 0 Å². The smallest absolute Gasteiger partial charge is 0.253 e. The summed E-state index contributed by atoms with van der Waals surface area (Å²) < 4.78 is 0.809. The Kier molecular flexibility index (Phi) is 4.87. The van der Waals surface area contributed by atoms with E-state index in [-0.39, 0.29) is 12.5 Å². The quantitative estimate of drug-likeness (QED) is 0.879. The molecule has 2 N–H and O–H groups in total. The van der Waals surface area contributed by atoms with Gasteiger partial charge >= 0.3 is 0 Å². The number of benzene rings is 1. The van der Waals surface area contributed by atoms with Crippen LogP contribution in [0.4, 0.5) is 0 Å². The van der Waals surface area contributed by atoms with E-state index < -0.39 is 5.54 Å². The summed E-state index contributed by atoms with van der Waals surface area (Å²) in [6.07, 6.45) is 4.87. The maximum absolute atomic E-state index is 12.3. The van der Waals surface area contributed by atoms with Crippen molar-refractivity contribution in [3.05, 3.63) is 33.3 Å². The summed E-state index contributed by atoms with van der Waals surface area (Å²) in [5.41, 5.74) is -0.0458. The first-order valence-electron chi connectivity index (χ1n) is 6.45. The van der Waals surface area contributed by atoms with Crippen LogP contribution in [0.3, 0.4) is 0 Å². The highest BCUT2D eigenvalue weighted by atomic mass is 79.9. The monoisotopic (exact) mass is 345 g/mol. The Labute approximate surface area is 126 Å². The zero-order chi connectivity index (χ0) is 13.9. The molecule has 1 aromatic rings. The highest BCUT2D eigenvalue weighted by molar-refractivity contribution is 9.10. The van der Waals surface area contributed by atoms with Crippen molar-refractivity contribution in [1.29, 1.82) is 0 Å². The van der Waals surface area contributed by atoms with Crippen LogP contribution >= 0.6 is 27.5 Å². The van der Waals surface area contributed by atoms with Crippen LogP contribution < -0.4 is 5.32 Å². The number of aliphatic hydroxyl groups excluding tert-OH is 1. The number of carbonyl (C=O) groups excluding carboxylic acids is 1. The molecule has 104 valence electrons. The number of hydrogen-bond acceptors (Lipinski definition) is 2. The number of nitrogens with one attached hydrogen (secondary N) is 1. The van der Waals surface area contributed by atoms with Gasteiger partial charge in [0.25, 0.3) is 5.91 Å². The van der Waals surface area contributed by atoms with E-state index in [0.717, 1.165) is 36.6 Å². The molecule has 1 aromatic carbocycles. The molecular formula is C14H17BrClNO2. The number of hydrogen-bond donors (Lipinski definition) is 2. The number of halogens is 2. The van der Waals surface area contributed by atoms with Gasteiger partial charge in [-0.3, -0.25) is 4.79 Å². The van der Waals surface area contributed by atoms with Crippen molar-refractivity contribution in [2.75, 3.05) is 6.61 Å². The van der Waals surface area contributed by atoms with E-state index in [2.05, 4.69) is 21.2 Å². The lowest BCUT2D eigenvalue weighted by atomic mass is 9.82. The number of carbonyl (C=O) groups is 1. The standard InChI is InChI=1S/C14H17BrClNO2/c15-10-4-5-12(16)11(8-10)13(19)17-14(9-18)6-2-1-3-7-14/h4-5,8,18H,1-3,6-7,9H2,(H,17,19). The van der Waals surface area contributed by atoms with Crippen molar-refractivity contribution in [2.45, 2.75) is 37.6 Å². The fourth-order valence-electron chi connectivity index (χ4n) is 2.53. The molecule has 0 spiro atoms. The lowest BCUT2D eigenvalue weighted by molar-refractivity contribution is 0.0758.